The molecule has 1 aromatic rings. The Morgan fingerprint density at radius 2 is 1.15 bits per heavy atom. The quantitative estimate of drug-likeness (QED) is 0.621. The molecule has 0 aliphatic carbocycles. The van der Waals surface area contributed by atoms with Gasteiger partial charge in [-0.2, -0.15) is 9.97 Å². The minimum atomic E-state index is 0.875. The lowest BCUT2D eigenvalue weighted by atomic mass is 10.3. The van der Waals surface area contributed by atoms with Gasteiger partial charge in [0, 0.05) is 71.5 Å². The molecule has 0 unspecified atom stereocenters. The standard InChI is InChI=1S/C20H39N7/c1-7-23(8-2)18-17-19(24(9-3)10-4)22-20(21-18)25-13-15-27(16-14-25)26(11-5)12-6/h17H,7-16H2,1-6H3. The van der Waals surface area contributed by atoms with Crippen molar-refractivity contribution in [2.45, 2.75) is 41.5 Å². The van der Waals surface area contributed by atoms with Crippen LogP contribution in [0.25, 0.3) is 0 Å². The van der Waals surface area contributed by atoms with Crippen molar-refractivity contribution in [3.05, 3.63) is 6.07 Å². The Morgan fingerprint density at radius 3 is 1.52 bits per heavy atom. The third-order valence-electron chi connectivity index (χ3n) is 5.53. The first-order chi connectivity index (χ1) is 13.1. The summed E-state index contributed by atoms with van der Waals surface area (Å²) >= 11 is 0. The average molecular weight is 378 g/mol. The minimum Gasteiger partial charge on any atom is -0.357 e. The van der Waals surface area contributed by atoms with Gasteiger partial charge in [-0.3, -0.25) is 0 Å². The van der Waals surface area contributed by atoms with Crippen LogP contribution >= 0.6 is 0 Å². The zero-order valence-electron chi connectivity index (χ0n) is 18.3. The van der Waals surface area contributed by atoms with Crippen molar-refractivity contribution in [2.75, 3.05) is 80.1 Å². The van der Waals surface area contributed by atoms with E-state index in [0.29, 0.717) is 0 Å². The largest absolute Gasteiger partial charge is 0.357 e. The van der Waals surface area contributed by atoms with Crippen molar-refractivity contribution >= 4 is 17.6 Å². The molecule has 2 rings (SSSR count). The van der Waals surface area contributed by atoms with Crippen molar-refractivity contribution in [3.8, 4) is 0 Å². The molecule has 7 heteroatoms. The maximum absolute atomic E-state index is 4.94. The first kappa shape index (κ1) is 21.7. The van der Waals surface area contributed by atoms with Crippen LogP contribution in [-0.2, 0) is 0 Å². The van der Waals surface area contributed by atoms with Crippen LogP contribution in [-0.4, -0.2) is 85.4 Å². The van der Waals surface area contributed by atoms with Crippen molar-refractivity contribution in [1.82, 2.24) is 20.0 Å². The molecule has 27 heavy (non-hydrogen) atoms. The fraction of sp³-hybridized carbons (Fsp3) is 0.800. The van der Waals surface area contributed by atoms with E-state index in [-0.39, 0.29) is 0 Å². The molecule has 154 valence electrons. The van der Waals surface area contributed by atoms with Gasteiger partial charge in [0.15, 0.2) is 0 Å². The molecule has 2 heterocycles. The monoisotopic (exact) mass is 377 g/mol. The Hall–Kier alpha value is -1.60. The molecule has 1 fully saturated rings. The number of aromatic nitrogens is 2. The zero-order valence-corrected chi connectivity index (χ0v) is 18.3. The molecule has 1 aliphatic rings. The van der Waals surface area contributed by atoms with Gasteiger partial charge in [-0.1, -0.05) is 13.8 Å². The molecule has 0 bridgehead atoms. The van der Waals surface area contributed by atoms with Crippen molar-refractivity contribution in [1.29, 1.82) is 0 Å². The topological polar surface area (TPSA) is 42.0 Å². The summed E-state index contributed by atoms with van der Waals surface area (Å²) in [4.78, 5) is 16.9. The molecule has 0 radical (unpaired) electrons. The second-order valence-corrected chi connectivity index (χ2v) is 6.81. The Labute approximate surface area is 165 Å². The third kappa shape index (κ3) is 5.23. The highest BCUT2D eigenvalue weighted by atomic mass is 15.6. The van der Waals surface area contributed by atoms with Gasteiger partial charge in [0.1, 0.15) is 11.6 Å². The molecule has 1 saturated heterocycles. The van der Waals surface area contributed by atoms with Crippen LogP contribution in [0.1, 0.15) is 41.5 Å². The summed E-state index contributed by atoms with van der Waals surface area (Å²) in [7, 11) is 0. The van der Waals surface area contributed by atoms with Gasteiger partial charge in [-0.25, -0.2) is 10.0 Å². The molecular formula is C20H39N7. The van der Waals surface area contributed by atoms with Crippen LogP contribution in [0, 0.1) is 0 Å². The second-order valence-electron chi connectivity index (χ2n) is 6.81. The summed E-state index contributed by atoms with van der Waals surface area (Å²) in [5.74, 6) is 2.96. The third-order valence-corrected chi connectivity index (χ3v) is 5.53. The van der Waals surface area contributed by atoms with Crippen molar-refractivity contribution < 1.29 is 0 Å². The second kappa shape index (κ2) is 10.7. The summed E-state index contributed by atoms with van der Waals surface area (Å²) in [5, 5.41) is 4.89. The first-order valence-electron chi connectivity index (χ1n) is 10.7. The number of hydrogen-bond donors (Lipinski definition) is 0. The van der Waals surface area contributed by atoms with E-state index in [1.807, 2.05) is 0 Å². The Kier molecular flexibility index (Phi) is 8.57. The van der Waals surface area contributed by atoms with Crippen LogP contribution < -0.4 is 14.7 Å². The predicted octanol–water partition coefficient (Wildman–Crippen LogP) is 2.55. The number of anilines is 3. The van der Waals surface area contributed by atoms with E-state index in [1.54, 1.807) is 0 Å². The Bertz CT molecular complexity index is 515. The van der Waals surface area contributed by atoms with Gasteiger partial charge >= 0.3 is 0 Å². The van der Waals surface area contributed by atoms with Crippen LogP contribution in [0.15, 0.2) is 6.07 Å². The summed E-state index contributed by atoms with van der Waals surface area (Å²) in [6.07, 6.45) is 0. The summed E-state index contributed by atoms with van der Waals surface area (Å²) in [5.41, 5.74) is 0. The summed E-state index contributed by atoms with van der Waals surface area (Å²) in [6, 6.07) is 2.15. The van der Waals surface area contributed by atoms with Gasteiger partial charge in [-0.05, 0) is 27.7 Å². The molecule has 0 saturated carbocycles. The van der Waals surface area contributed by atoms with E-state index >= 15 is 0 Å². The van der Waals surface area contributed by atoms with Crippen molar-refractivity contribution in [2.24, 2.45) is 0 Å². The zero-order chi connectivity index (χ0) is 19.8. The molecule has 0 amide bonds. The highest BCUT2D eigenvalue weighted by Gasteiger charge is 2.23. The number of rotatable bonds is 10. The lowest BCUT2D eigenvalue weighted by Gasteiger charge is -2.40. The van der Waals surface area contributed by atoms with E-state index in [0.717, 1.165) is 83.0 Å². The Morgan fingerprint density at radius 1 is 0.704 bits per heavy atom. The fourth-order valence-corrected chi connectivity index (χ4v) is 3.77. The van der Waals surface area contributed by atoms with Gasteiger partial charge in [-0.15, -0.1) is 0 Å². The molecule has 7 nitrogen and oxygen atoms in total. The fourth-order valence-electron chi connectivity index (χ4n) is 3.77. The maximum Gasteiger partial charge on any atom is 0.229 e. The number of hydrogen-bond acceptors (Lipinski definition) is 7. The van der Waals surface area contributed by atoms with Crippen LogP contribution in [0.4, 0.5) is 17.6 Å². The number of hydrazine groups is 1. The van der Waals surface area contributed by atoms with E-state index < -0.39 is 0 Å². The molecular weight excluding hydrogens is 338 g/mol. The Balaban J connectivity index is 2.25. The van der Waals surface area contributed by atoms with Crippen molar-refractivity contribution in [3.63, 3.8) is 0 Å². The van der Waals surface area contributed by atoms with Crippen LogP contribution in [0.3, 0.4) is 0 Å². The van der Waals surface area contributed by atoms with Crippen LogP contribution in [0.5, 0.6) is 0 Å². The number of piperazine rings is 1. The van der Waals surface area contributed by atoms with Gasteiger partial charge in [0.05, 0.1) is 0 Å². The smallest absolute Gasteiger partial charge is 0.229 e. The first-order valence-corrected chi connectivity index (χ1v) is 10.7. The SMILES string of the molecule is CCN(CC)c1cc(N(CC)CC)nc(N2CCN(N(CC)CC)CC2)n1. The molecule has 1 aromatic heterocycles. The molecule has 0 spiro atoms. The van der Waals surface area contributed by atoms with Gasteiger partial charge < -0.3 is 14.7 Å². The maximum atomic E-state index is 4.94. The average Bonchev–Trinajstić information content (AvgIpc) is 2.71. The normalized spacial score (nSPS) is 15.4. The molecule has 1 aliphatic heterocycles. The van der Waals surface area contributed by atoms with Gasteiger partial charge in [0.2, 0.25) is 5.95 Å². The highest BCUT2D eigenvalue weighted by molar-refractivity contribution is 5.55. The van der Waals surface area contributed by atoms with E-state index in [1.165, 1.54) is 0 Å². The van der Waals surface area contributed by atoms with Crippen LogP contribution in [0.2, 0.25) is 0 Å². The van der Waals surface area contributed by atoms with E-state index in [9.17, 15) is 0 Å². The van der Waals surface area contributed by atoms with E-state index in [2.05, 4.69) is 72.3 Å². The summed E-state index contributed by atoms with van der Waals surface area (Å²) < 4.78 is 0. The predicted molar refractivity (Wildman–Crippen MR) is 116 cm³/mol. The highest BCUT2D eigenvalue weighted by Crippen LogP contribution is 2.24. The number of nitrogens with zero attached hydrogens (tertiary/aromatic N) is 7. The lowest BCUT2D eigenvalue weighted by molar-refractivity contribution is -0.0206. The van der Waals surface area contributed by atoms with E-state index in [4.69, 9.17) is 9.97 Å². The van der Waals surface area contributed by atoms with Gasteiger partial charge in [0.25, 0.3) is 0 Å². The lowest BCUT2D eigenvalue weighted by Crippen LogP contribution is -2.54. The molecule has 0 N–H and O–H groups in total. The summed E-state index contributed by atoms with van der Waals surface area (Å²) in [6.45, 7) is 23.2. The molecule has 0 atom stereocenters. The minimum absolute atomic E-state index is 0.875. The molecule has 0 aromatic carbocycles.